The molecule has 1 amide bonds. The molecule has 1 aromatic heterocycles. The molecule has 2 fully saturated rings. The van der Waals surface area contributed by atoms with Crippen LogP contribution in [0.15, 0.2) is 30.5 Å². The average Bonchev–Trinajstić information content (AvgIpc) is 3.55. The third-order valence-electron chi connectivity index (χ3n) is 5.72. The lowest BCUT2D eigenvalue weighted by atomic mass is 10.0. The summed E-state index contributed by atoms with van der Waals surface area (Å²) in [5.74, 6) is 0.622. The minimum atomic E-state index is -0.895. The van der Waals surface area contributed by atoms with Crippen LogP contribution in [-0.2, 0) is 4.74 Å². The number of carbonyl (C=O) groups is 1. The summed E-state index contributed by atoms with van der Waals surface area (Å²) < 4.78 is 5.65. The number of nitrogens with one attached hydrogen (secondary N) is 1. The third kappa shape index (κ3) is 4.58. The number of benzene rings is 1. The van der Waals surface area contributed by atoms with Crippen molar-refractivity contribution in [3.05, 3.63) is 41.2 Å². The van der Waals surface area contributed by atoms with Gasteiger partial charge in [0.05, 0.1) is 17.9 Å². The fourth-order valence-corrected chi connectivity index (χ4v) is 3.80. The largest absolute Gasteiger partial charge is 0.388 e. The SMILES string of the molecule is CCOC1CN(c2ncc(C(=O)NC[C@](C)(O)C3CC3)nc2-c2ccc(Cl)cc2)C1. The molecule has 0 spiro atoms. The number of carbonyl (C=O) groups excluding carboxylic acids is 1. The molecule has 1 aliphatic carbocycles. The van der Waals surface area contributed by atoms with Crippen LogP contribution >= 0.6 is 11.6 Å². The predicted molar refractivity (Wildman–Crippen MR) is 116 cm³/mol. The number of nitrogens with zero attached hydrogens (tertiary/aromatic N) is 3. The monoisotopic (exact) mass is 430 g/mol. The highest BCUT2D eigenvalue weighted by molar-refractivity contribution is 6.30. The van der Waals surface area contributed by atoms with Gasteiger partial charge in [-0.15, -0.1) is 0 Å². The molecule has 1 saturated carbocycles. The van der Waals surface area contributed by atoms with Crippen LogP contribution in [0.3, 0.4) is 0 Å². The van der Waals surface area contributed by atoms with Gasteiger partial charge in [0.1, 0.15) is 11.4 Å². The van der Waals surface area contributed by atoms with E-state index in [-0.39, 0.29) is 30.2 Å². The molecule has 30 heavy (non-hydrogen) atoms. The number of ether oxygens (including phenoxy) is 1. The van der Waals surface area contributed by atoms with Crippen molar-refractivity contribution in [3.8, 4) is 11.3 Å². The number of amides is 1. The molecule has 1 atom stereocenters. The Kier molecular flexibility index (Phi) is 5.95. The van der Waals surface area contributed by atoms with Gasteiger partial charge in [-0.3, -0.25) is 4.79 Å². The van der Waals surface area contributed by atoms with Crippen LogP contribution in [0, 0.1) is 5.92 Å². The van der Waals surface area contributed by atoms with Crippen molar-refractivity contribution in [1.29, 1.82) is 0 Å². The molecule has 2 heterocycles. The topological polar surface area (TPSA) is 87.6 Å². The Labute approximate surface area is 181 Å². The maximum absolute atomic E-state index is 12.7. The highest BCUT2D eigenvalue weighted by Gasteiger charge is 2.40. The van der Waals surface area contributed by atoms with Crippen molar-refractivity contribution in [1.82, 2.24) is 15.3 Å². The fraction of sp³-hybridized carbons (Fsp3) is 0.500. The van der Waals surface area contributed by atoms with Gasteiger partial charge in [-0.1, -0.05) is 23.7 Å². The summed E-state index contributed by atoms with van der Waals surface area (Å²) in [6.45, 7) is 6.08. The molecule has 7 nitrogen and oxygen atoms in total. The van der Waals surface area contributed by atoms with Crippen molar-refractivity contribution in [2.45, 2.75) is 38.4 Å². The van der Waals surface area contributed by atoms with Crippen molar-refractivity contribution in [2.24, 2.45) is 5.92 Å². The van der Waals surface area contributed by atoms with Gasteiger partial charge in [-0.05, 0) is 44.7 Å². The van der Waals surface area contributed by atoms with E-state index in [1.54, 1.807) is 19.1 Å². The highest BCUT2D eigenvalue weighted by Crippen LogP contribution is 2.39. The van der Waals surface area contributed by atoms with Gasteiger partial charge in [-0.2, -0.15) is 0 Å². The van der Waals surface area contributed by atoms with Gasteiger partial charge < -0.3 is 20.1 Å². The Bertz CT molecular complexity index is 909. The van der Waals surface area contributed by atoms with E-state index < -0.39 is 5.60 Å². The maximum atomic E-state index is 12.7. The molecule has 0 unspecified atom stereocenters. The van der Waals surface area contributed by atoms with Gasteiger partial charge in [0, 0.05) is 36.8 Å². The molecule has 1 aromatic carbocycles. The summed E-state index contributed by atoms with van der Waals surface area (Å²) in [4.78, 5) is 24.0. The zero-order chi connectivity index (χ0) is 21.3. The van der Waals surface area contributed by atoms with E-state index in [1.807, 2.05) is 19.1 Å². The molecular formula is C22H27ClN4O3. The third-order valence-corrected chi connectivity index (χ3v) is 5.97. The standard InChI is InChI=1S/C22H27ClN4O3/c1-3-30-17-11-27(12-17)20-19(14-4-8-16(23)9-5-14)26-18(10-24-20)21(28)25-13-22(2,29)15-6-7-15/h4-5,8-10,15,17,29H,3,6-7,11-13H2,1-2H3,(H,25,28)/t22-/m0/s1. The molecule has 1 aliphatic heterocycles. The number of hydrogen-bond acceptors (Lipinski definition) is 6. The maximum Gasteiger partial charge on any atom is 0.271 e. The first kappa shape index (κ1) is 21.0. The van der Waals surface area contributed by atoms with Gasteiger partial charge in [0.15, 0.2) is 5.82 Å². The average molecular weight is 431 g/mol. The van der Waals surface area contributed by atoms with Gasteiger partial charge in [0.2, 0.25) is 0 Å². The summed E-state index contributed by atoms with van der Waals surface area (Å²) in [6, 6.07) is 7.33. The summed E-state index contributed by atoms with van der Waals surface area (Å²) in [5.41, 5.74) is 0.787. The van der Waals surface area contributed by atoms with Crippen LogP contribution in [0.4, 0.5) is 5.82 Å². The number of halogens is 1. The lowest BCUT2D eigenvalue weighted by Crippen LogP contribution is -2.53. The van der Waals surface area contributed by atoms with Crippen LogP contribution < -0.4 is 10.2 Å². The molecule has 8 heteroatoms. The van der Waals surface area contributed by atoms with Gasteiger partial charge >= 0.3 is 0 Å². The number of aromatic nitrogens is 2. The molecular weight excluding hydrogens is 404 g/mol. The molecule has 2 aromatic rings. The Balaban J connectivity index is 1.56. The Morgan fingerprint density at radius 2 is 2.03 bits per heavy atom. The van der Waals surface area contributed by atoms with E-state index in [0.29, 0.717) is 17.3 Å². The fourth-order valence-electron chi connectivity index (χ4n) is 3.68. The molecule has 160 valence electrons. The summed E-state index contributed by atoms with van der Waals surface area (Å²) in [6.07, 6.45) is 3.67. The molecule has 2 N–H and O–H groups in total. The number of anilines is 1. The number of aliphatic hydroxyl groups is 1. The minimum Gasteiger partial charge on any atom is -0.388 e. The molecule has 2 aliphatic rings. The Morgan fingerprint density at radius 3 is 2.67 bits per heavy atom. The quantitative estimate of drug-likeness (QED) is 0.669. The van der Waals surface area contributed by atoms with E-state index in [4.69, 9.17) is 16.3 Å². The highest BCUT2D eigenvalue weighted by atomic mass is 35.5. The summed E-state index contributed by atoms with van der Waals surface area (Å²) in [7, 11) is 0. The zero-order valence-electron chi connectivity index (χ0n) is 17.3. The van der Waals surface area contributed by atoms with Crippen molar-refractivity contribution in [3.63, 3.8) is 0 Å². The minimum absolute atomic E-state index is 0.183. The smallest absolute Gasteiger partial charge is 0.271 e. The Morgan fingerprint density at radius 1 is 1.33 bits per heavy atom. The lowest BCUT2D eigenvalue weighted by molar-refractivity contribution is 0.0353. The first-order valence-electron chi connectivity index (χ1n) is 10.4. The van der Waals surface area contributed by atoms with Crippen LogP contribution in [0.1, 0.15) is 37.2 Å². The lowest BCUT2D eigenvalue weighted by Gasteiger charge is -2.40. The van der Waals surface area contributed by atoms with E-state index in [0.717, 1.165) is 37.3 Å². The van der Waals surface area contributed by atoms with E-state index in [1.165, 1.54) is 6.20 Å². The second-order valence-electron chi connectivity index (χ2n) is 8.23. The van der Waals surface area contributed by atoms with Crippen molar-refractivity contribution in [2.75, 3.05) is 31.1 Å². The predicted octanol–water partition coefficient (Wildman–Crippen LogP) is 2.91. The van der Waals surface area contributed by atoms with Crippen molar-refractivity contribution < 1.29 is 14.6 Å². The van der Waals surface area contributed by atoms with E-state index in [9.17, 15) is 9.90 Å². The van der Waals surface area contributed by atoms with E-state index in [2.05, 4.69) is 20.2 Å². The first-order valence-corrected chi connectivity index (χ1v) is 10.8. The molecule has 1 saturated heterocycles. The number of hydrogen-bond donors (Lipinski definition) is 2. The Hall–Kier alpha value is -2.22. The molecule has 4 rings (SSSR count). The van der Waals surface area contributed by atoms with Crippen LogP contribution in [-0.4, -0.2) is 58.9 Å². The van der Waals surface area contributed by atoms with Crippen molar-refractivity contribution >= 4 is 23.3 Å². The van der Waals surface area contributed by atoms with Crippen LogP contribution in [0.2, 0.25) is 5.02 Å². The van der Waals surface area contributed by atoms with Gasteiger partial charge in [-0.25, -0.2) is 9.97 Å². The van der Waals surface area contributed by atoms with Gasteiger partial charge in [0.25, 0.3) is 5.91 Å². The molecule has 0 radical (unpaired) electrons. The second-order valence-corrected chi connectivity index (χ2v) is 8.67. The normalized spacial score (nSPS) is 18.6. The number of rotatable bonds is 8. The second kappa shape index (κ2) is 8.49. The summed E-state index contributed by atoms with van der Waals surface area (Å²) >= 11 is 6.04. The van der Waals surface area contributed by atoms with Crippen LogP contribution in [0.25, 0.3) is 11.3 Å². The van der Waals surface area contributed by atoms with Crippen LogP contribution in [0.5, 0.6) is 0 Å². The zero-order valence-corrected chi connectivity index (χ0v) is 18.0. The van der Waals surface area contributed by atoms with E-state index >= 15 is 0 Å². The summed E-state index contributed by atoms with van der Waals surface area (Å²) in [5, 5.41) is 13.9. The first-order chi connectivity index (χ1) is 14.4. The molecule has 0 bridgehead atoms.